The van der Waals surface area contributed by atoms with Crippen molar-refractivity contribution in [2.75, 3.05) is 38.5 Å². The van der Waals surface area contributed by atoms with Gasteiger partial charge in [0.2, 0.25) is 11.8 Å². The second kappa shape index (κ2) is 6.74. The number of likely N-dealkylation sites (N-methyl/N-ethyl adjacent to an activating group) is 1. The molecular weight excluding hydrogens is 371 g/mol. The van der Waals surface area contributed by atoms with Gasteiger partial charge in [-0.2, -0.15) is 13.2 Å². The lowest BCUT2D eigenvalue weighted by Crippen LogP contribution is -2.51. The molecule has 1 saturated carbocycles. The van der Waals surface area contributed by atoms with Gasteiger partial charge >= 0.3 is 6.18 Å². The normalized spacial score (nSPS) is 20.0. The number of halogens is 4. The molecule has 2 amide bonds. The first-order valence-electron chi connectivity index (χ1n) is 8.30. The molecule has 1 aromatic rings. The van der Waals surface area contributed by atoms with E-state index in [-0.39, 0.29) is 16.6 Å². The lowest BCUT2D eigenvalue weighted by Gasteiger charge is -2.34. The minimum absolute atomic E-state index is 0.00537. The highest BCUT2D eigenvalue weighted by molar-refractivity contribution is 6.34. The predicted octanol–water partition coefficient (Wildman–Crippen LogP) is 2.85. The first-order valence-corrected chi connectivity index (χ1v) is 8.67. The van der Waals surface area contributed by atoms with E-state index in [1.54, 1.807) is 4.90 Å². The number of amides is 2. The summed E-state index contributed by atoms with van der Waals surface area (Å²) in [5.74, 6) is -0.853. The van der Waals surface area contributed by atoms with Crippen LogP contribution in [0.1, 0.15) is 18.4 Å². The number of hydrogen-bond acceptors (Lipinski definition) is 3. The Bertz CT molecular complexity index is 726. The average molecular weight is 390 g/mol. The highest BCUT2D eigenvalue weighted by Crippen LogP contribution is 2.48. The number of nitrogens with one attached hydrogen (secondary N) is 1. The molecule has 0 atom stereocenters. The molecule has 0 unspecified atom stereocenters. The minimum atomic E-state index is -4.54. The van der Waals surface area contributed by atoms with Crippen LogP contribution in [-0.4, -0.2) is 54.8 Å². The monoisotopic (exact) mass is 389 g/mol. The maximum Gasteiger partial charge on any atom is 0.416 e. The van der Waals surface area contributed by atoms with Crippen LogP contribution in [0.2, 0.25) is 5.02 Å². The molecule has 0 aromatic heterocycles. The van der Waals surface area contributed by atoms with Crippen molar-refractivity contribution in [3.63, 3.8) is 0 Å². The molecule has 1 N–H and O–H groups in total. The molecule has 9 heteroatoms. The van der Waals surface area contributed by atoms with Crippen LogP contribution in [0.25, 0.3) is 0 Å². The maximum atomic E-state index is 12.9. The van der Waals surface area contributed by atoms with E-state index in [0.29, 0.717) is 25.9 Å². The number of alkyl halides is 3. The quantitative estimate of drug-likeness (QED) is 0.809. The summed E-state index contributed by atoms with van der Waals surface area (Å²) in [5, 5.41) is 2.42. The number of carbonyl (C=O) groups excluding carboxylic acids is 2. The van der Waals surface area contributed by atoms with E-state index in [9.17, 15) is 22.8 Å². The summed E-state index contributed by atoms with van der Waals surface area (Å²) < 4.78 is 38.6. The largest absolute Gasteiger partial charge is 0.416 e. The van der Waals surface area contributed by atoms with Gasteiger partial charge in [-0.15, -0.1) is 0 Å². The van der Waals surface area contributed by atoms with Crippen molar-refractivity contribution in [1.29, 1.82) is 0 Å². The van der Waals surface area contributed by atoms with Crippen LogP contribution in [0.4, 0.5) is 18.9 Å². The molecule has 2 aliphatic rings. The van der Waals surface area contributed by atoms with E-state index in [1.807, 2.05) is 7.05 Å². The third-order valence-corrected chi connectivity index (χ3v) is 5.26. The number of anilines is 1. The molecule has 3 rings (SSSR count). The van der Waals surface area contributed by atoms with E-state index < -0.39 is 23.1 Å². The zero-order valence-electron chi connectivity index (χ0n) is 14.2. The predicted molar refractivity (Wildman–Crippen MR) is 90.8 cm³/mol. The fraction of sp³-hybridized carbons (Fsp3) is 0.529. The average Bonchev–Trinajstić information content (AvgIpc) is 3.38. The van der Waals surface area contributed by atoms with E-state index >= 15 is 0 Å². The molecule has 1 saturated heterocycles. The van der Waals surface area contributed by atoms with Gasteiger partial charge in [0.1, 0.15) is 5.41 Å². The third kappa shape index (κ3) is 3.66. The summed E-state index contributed by atoms with van der Waals surface area (Å²) in [6.45, 7) is 2.52. The molecule has 5 nitrogen and oxygen atoms in total. The van der Waals surface area contributed by atoms with Crippen LogP contribution in [0, 0.1) is 5.41 Å². The summed E-state index contributed by atoms with van der Waals surface area (Å²) in [6.07, 6.45) is -3.77. The van der Waals surface area contributed by atoms with Gasteiger partial charge in [0.25, 0.3) is 0 Å². The molecule has 1 aliphatic carbocycles. The Morgan fingerprint density at radius 1 is 1.15 bits per heavy atom. The molecule has 26 heavy (non-hydrogen) atoms. The number of carbonyl (C=O) groups is 2. The Balaban J connectivity index is 1.75. The van der Waals surface area contributed by atoms with Crippen molar-refractivity contribution in [2.45, 2.75) is 19.0 Å². The summed E-state index contributed by atoms with van der Waals surface area (Å²) in [4.78, 5) is 29.2. The number of piperazine rings is 1. The number of hydrogen-bond donors (Lipinski definition) is 1. The molecule has 0 bridgehead atoms. The molecule has 0 radical (unpaired) electrons. The summed E-state index contributed by atoms with van der Waals surface area (Å²) in [5.41, 5.74) is -2.23. The van der Waals surface area contributed by atoms with E-state index in [2.05, 4.69) is 10.2 Å². The van der Waals surface area contributed by atoms with E-state index in [4.69, 9.17) is 11.6 Å². The summed E-state index contributed by atoms with van der Waals surface area (Å²) >= 11 is 5.92. The first-order chi connectivity index (χ1) is 12.1. The second-order valence-electron chi connectivity index (χ2n) is 6.82. The molecular formula is C17H19ClF3N3O2. The Morgan fingerprint density at radius 2 is 1.77 bits per heavy atom. The summed E-state index contributed by atoms with van der Waals surface area (Å²) in [6, 6.07) is 2.72. The zero-order valence-corrected chi connectivity index (χ0v) is 15.0. The van der Waals surface area contributed by atoms with Crippen LogP contribution in [0.15, 0.2) is 18.2 Å². The number of rotatable bonds is 3. The van der Waals surface area contributed by atoms with Gasteiger partial charge in [-0.05, 0) is 38.1 Å². The van der Waals surface area contributed by atoms with Crippen molar-refractivity contribution in [1.82, 2.24) is 9.80 Å². The lowest BCUT2D eigenvalue weighted by molar-refractivity contribution is -0.143. The van der Waals surface area contributed by atoms with Crippen molar-refractivity contribution in [3.8, 4) is 0 Å². The van der Waals surface area contributed by atoms with Crippen LogP contribution in [0.3, 0.4) is 0 Å². The van der Waals surface area contributed by atoms with Gasteiger partial charge < -0.3 is 15.1 Å². The topological polar surface area (TPSA) is 52.7 Å². The fourth-order valence-electron chi connectivity index (χ4n) is 3.01. The molecule has 1 aromatic carbocycles. The maximum absolute atomic E-state index is 12.9. The highest BCUT2D eigenvalue weighted by atomic mass is 35.5. The van der Waals surface area contributed by atoms with Gasteiger partial charge in [-0.1, -0.05) is 11.6 Å². The van der Waals surface area contributed by atoms with Gasteiger partial charge in [-0.25, -0.2) is 0 Å². The van der Waals surface area contributed by atoms with Gasteiger partial charge in [0, 0.05) is 26.2 Å². The Labute approximate surface area is 154 Å². The van der Waals surface area contributed by atoms with Crippen LogP contribution < -0.4 is 5.32 Å². The Kier molecular flexibility index (Phi) is 4.92. The van der Waals surface area contributed by atoms with E-state index in [0.717, 1.165) is 31.3 Å². The molecule has 2 fully saturated rings. The third-order valence-electron chi connectivity index (χ3n) is 4.93. The van der Waals surface area contributed by atoms with Crippen molar-refractivity contribution in [3.05, 3.63) is 28.8 Å². The lowest BCUT2D eigenvalue weighted by atomic mass is 10.0. The molecule has 1 aliphatic heterocycles. The molecule has 1 heterocycles. The smallest absolute Gasteiger partial charge is 0.339 e. The van der Waals surface area contributed by atoms with Gasteiger partial charge in [0.15, 0.2) is 0 Å². The Hall–Kier alpha value is -1.80. The van der Waals surface area contributed by atoms with Crippen molar-refractivity contribution in [2.24, 2.45) is 5.41 Å². The first kappa shape index (κ1) is 19.0. The summed E-state index contributed by atoms with van der Waals surface area (Å²) in [7, 11) is 1.96. The second-order valence-corrected chi connectivity index (χ2v) is 7.23. The van der Waals surface area contributed by atoms with Crippen molar-refractivity contribution < 1.29 is 22.8 Å². The number of benzene rings is 1. The van der Waals surface area contributed by atoms with Crippen molar-refractivity contribution >= 4 is 29.1 Å². The fourth-order valence-corrected chi connectivity index (χ4v) is 3.18. The van der Waals surface area contributed by atoms with Gasteiger partial charge in [-0.3, -0.25) is 9.59 Å². The van der Waals surface area contributed by atoms with Crippen LogP contribution >= 0.6 is 11.6 Å². The minimum Gasteiger partial charge on any atom is -0.339 e. The standard InChI is InChI=1S/C17H19ClF3N3O2/c1-23-6-8-24(9-7-23)15(26)16(4-5-16)14(25)22-13-10-11(17(19,20)21)2-3-12(13)18/h2-3,10H,4-9H2,1H3,(H,22,25). The Morgan fingerprint density at radius 3 is 2.31 bits per heavy atom. The molecule has 0 spiro atoms. The zero-order chi connectivity index (χ0) is 19.1. The number of nitrogens with zero attached hydrogens (tertiary/aromatic N) is 2. The van der Waals surface area contributed by atoms with Gasteiger partial charge in [0.05, 0.1) is 16.3 Å². The SMILES string of the molecule is CN1CCN(C(=O)C2(C(=O)Nc3cc(C(F)(F)F)ccc3Cl)CC2)CC1. The highest BCUT2D eigenvalue weighted by Gasteiger charge is 2.58. The van der Waals surface area contributed by atoms with Crippen LogP contribution in [0.5, 0.6) is 0 Å². The molecule has 142 valence electrons. The van der Waals surface area contributed by atoms with E-state index in [1.165, 1.54) is 0 Å². The van der Waals surface area contributed by atoms with Crippen LogP contribution in [-0.2, 0) is 15.8 Å².